The Morgan fingerprint density at radius 1 is 1.47 bits per heavy atom. The highest BCUT2D eigenvalue weighted by molar-refractivity contribution is 7.81. The zero-order valence-electron chi connectivity index (χ0n) is 9.55. The number of aliphatic imine (C=N–C) groups is 1. The Bertz CT molecular complexity index is 482. The summed E-state index contributed by atoms with van der Waals surface area (Å²) in [6.45, 7) is 2.19. The van der Waals surface area contributed by atoms with Gasteiger partial charge in [-0.05, 0) is 13.0 Å². The monoisotopic (exact) mass is 247 g/mol. The van der Waals surface area contributed by atoms with Gasteiger partial charge in [0.1, 0.15) is 0 Å². The molecule has 0 fully saturated rings. The molecule has 0 saturated carbocycles. The first kappa shape index (κ1) is 11.9. The van der Waals surface area contributed by atoms with Crippen molar-refractivity contribution in [3.8, 4) is 0 Å². The number of ether oxygens (including phenoxy) is 1. The van der Waals surface area contributed by atoms with E-state index in [1.54, 1.807) is 13.1 Å². The first-order valence-electron chi connectivity index (χ1n) is 5.55. The van der Waals surface area contributed by atoms with Crippen LogP contribution in [0.5, 0.6) is 0 Å². The third kappa shape index (κ3) is 2.58. The Labute approximate surface area is 106 Å². The van der Waals surface area contributed by atoms with Crippen molar-refractivity contribution < 1.29 is 9.53 Å². The highest BCUT2D eigenvalue weighted by atomic mass is 32.1. The van der Waals surface area contributed by atoms with Gasteiger partial charge >= 0.3 is 5.97 Å². The van der Waals surface area contributed by atoms with Crippen LogP contribution in [0.3, 0.4) is 0 Å². The van der Waals surface area contributed by atoms with E-state index in [1.807, 2.05) is 24.3 Å². The first-order chi connectivity index (χ1) is 8.22. The van der Waals surface area contributed by atoms with Gasteiger partial charge in [0, 0.05) is 22.6 Å². The van der Waals surface area contributed by atoms with Crippen LogP contribution in [0.4, 0.5) is 5.69 Å². The highest BCUT2D eigenvalue weighted by Crippen LogP contribution is 2.27. The minimum Gasteiger partial charge on any atom is -0.466 e. The molecule has 0 bridgehead atoms. The molecule has 1 aliphatic rings. The standard InChI is InChI=1S/C13H13NO2S/c1-2-16-12(15)7-9-8-14-11-6-4-3-5-10(11)13(9)17/h3-6,8-9H,2,7H2,1H3. The molecule has 1 unspecified atom stereocenters. The van der Waals surface area contributed by atoms with E-state index in [4.69, 9.17) is 17.0 Å². The van der Waals surface area contributed by atoms with E-state index in [0.29, 0.717) is 6.61 Å². The number of fused-ring (bicyclic) bond motifs is 1. The van der Waals surface area contributed by atoms with Crippen molar-refractivity contribution in [1.82, 2.24) is 0 Å². The van der Waals surface area contributed by atoms with E-state index >= 15 is 0 Å². The van der Waals surface area contributed by atoms with Crippen LogP contribution in [0.25, 0.3) is 0 Å². The van der Waals surface area contributed by atoms with Gasteiger partial charge in [-0.25, -0.2) is 0 Å². The summed E-state index contributed by atoms with van der Waals surface area (Å²) in [7, 11) is 0. The van der Waals surface area contributed by atoms with Crippen molar-refractivity contribution >= 4 is 35.0 Å². The molecule has 1 aliphatic heterocycles. The van der Waals surface area contributed by atoms with Crippen LogP contribution in [0.2, 0.25) is 0 Å². The molecule has 88 valence electrons. The molecule has 1 heterocycles. The predicted molar refractivity (Wildman–Crippen MR) is 71.0 cm³/mol. The van der Waals surface area contributed by atoms with E-state index in [9.17, 15) is 4.79 Å². The zero-order valence-corrected chi connectivity index (χ0v) is 10.4. The number of carbonyl (C=O) groups is 1. The molecule has 17 heavy (non-hydrogen) atoms. The van der Waals surface area contributed by atoms with E-state index in [2.05, 4.69) is 4.99 Å². The van der Waals surface area contributed by atoms with Gasteiger partial charge < -0.3 is 4.74 Å². The summed E-state index contributed by atoms with van der Waals surface area (Å²) >= 11 is 5.39. The lowest BCUT2D eigenvalue weighted by atomic mass is 9.93. The van der Waals surface area contributed by atoms with Crippen molar-refractivity contribution in [1.29, 1.82) is 0 Å². The maximum absolute atomic E-state index is 11.4. The van der Waals surface area contributed by atoms with Gasteiger partial charge in [-0.3, -0.25) is 9.79 Å². The fraction of sp³-hybridized carbons (Fsp3) is 0.308. The number of nitrogens with zero attached hydrogens (tertiary/aromatic N) is 1. The van der Waals surface area contributed by atoms with Gasteiger partial charge in [0.15, 0.2) is 0 Å². The third-order valence-electron chi connectivity index (χ3n) is 2.59. The number of hydrogen-bond acceptors (Lipinski definition) is 4. The molecule has 0 spiro atoms. The molecule has 2 rings (SSSR count). The van der Waals surface area contributed by atoms with E-state index in [-0.39, 0.29) is 18.3 Å². The fourth-order valence-electron chi connectivity index (χ4n) is 1.78. The Morgan fingerprint density at radius 3 is 3.00 bits per heavy atom. The van der Waals surface area contributed by atoms with Crippen molar-refractivity contribution in [2.75, 3.05) is 6.61 Å². The van der Waals surface area contributed by atoms with Gasteiger partial charge in [-0.2, -0.15) is 0 Å². The topological polar surface area (TPSA) is 38.7 Å². The minimum atomic E-state index is -0.231. The van der Waals surface area contributed by atoms with Gasteiger partial charge in [-0.1, -0.05) is 30.4 Å². The van der Waals surface area contributed by atoms with Crippen LogP contribution in [0.15, 0.2) is 29.3 Å². The molecule has 0 amide bonds. The molecule has 0 radical (unpaired) electrons. The smallest absolute Gasteiger partial charge is 0.306 e. The molecular weight excluding hydrogens is 234 g/mol. The number of carbonyl (C=O) groups excluding carboxylic acids is 1. The molecule has 0 saturated heterocycles. The van der Waals surface area contributed by atoms with Crippen molar-refractivity contribution in [2.45, 2.75) is 13.3 Å². The van der Waals surface area contributed by atoms with Gasteiger partial charge in [-0.15, -0.1) is 0 Å². The molecule has 0 aromatic heterocycles. The summed E-state index contributed by atoms with van der Waals surface area (Å²) in [6.07, 6.45) is 2.01. The molecule has 1 aromatic carbocycles. The molecule has 1 aromatic rings. The quantitative estimate of drug-likeness (QED) is 0.609. The van der Waals surface area contributed by atoms with Gasteiger partial charge in [0.25, 0.3) is 0 Å². The lowest BCUT2D eigenvalue weighted by Gasteiger charge is -2.18. The number of rotatable bonds is 3. The predicted octanol–water partition coefficient (Wildman–Crippen LogP) is 2.69. The molecule has 4 heteroatoms. The van der Waals surface area contributed by atoms with Crippen LogP contribution in [-0.2, 0) is 9.53 Å². The number of hydrogen-bond donors (Lipinski definition) is 0. The summed E-state index contributed by atoms with van der Waals surface area (Å²) < 4.78 is 4.92. The van der Waals surface area contributed by atoms with Crippen molar-refractivity contribution in [2.24, 2.45) is 10.9 Å². The summed E-state index contributed by atoms with van der Waals surface area (Å²) in [5, 5.41) is 0. The Morgan fingerprint density at radius 2 is 2.24 bits per heavy atom. The minimum absolute atomic E-state index is 0.126. The SMILES string of the molecule is CCOC(=O)CC1C=Nc2ccccc2C1=S. The summed E-state index contributed by atoms with van der Waals surface area (Å²) in [4.78, 5) is 16.5. The van der Waals surface area contributed by atoms with Gasteiger partial charge in [0.2, 0.25) is 0 Å². The van der Waals surface area contributed by atoms with E-state index in [0.717, 1.165) is 16.1 Å². The van der Waals surface area contributed by atoms with Crippen LogP contribution in [0.1, 0.15) is 18.9 Å². The van der Waals surface area contributed by atoms with Crippen LogP contribution >= 0.6 is 12.2 Å². The Kier molecular flexibility index (Phi) is 3.64. The van der Waals surface area contributed by atoms with Crippen molar-refractivity contribution in [3.05, 3.63) is 29.8 Å². The fourth-order valence-corrected chi connectivity index (χ4v) is 2.09. The highest BCUT2D eigenvalue weighted by Gasteiger charge is 2.23. The normalized spacial score (nSPS) is 17.7. The number of thiocarbonyl (C=S) groups is 1. The summed E-state index contributed by atoms with van der Waals surface area (Å²) in [5.74, 6) is -0.357. The lowest BCUT2D eigenvalue weighted by molar-refractivity contribution is -0.143. The van der Waals surface area contributed by atoms with E-state index < -0.39 is 0 Å². The maximum Gasteiger partial charge on any atom is 0.306 e. The largest absolute Gasteiger partial charge is 0.466 e. The number of benzene rings is 1. The molecule has 3 nitrogen and oxygen atoms in total. The van der Waals surface area contributed by atoms with Crippen LogP contribution < -0.4 is 0 Å². The summed E-state index contributed by atoms with van der Waals surface area (Å²) in [6, 6.07) is 7.70. The second-order valence-corrected chi connectivity index (χ2v) is 4.22. The number of para-hydroxylation sites is 1. The second-order valence-electron chi connectivity index (χ2n) is 3.78. The second kappa shape index (κ2) is 5.19. The number of esters is 1. The lowest BCUT2D eigenvalue weighted by Crippen LogP contribution is -2.22. The van der Waals surface area contributed by atoms with Crippen LogP contribution in [0, 0.1) is 5.92 Å². The Hall–Kier alpha value is -1.55. The zero-order chi connectivity index (χ0) is 12.3. The Balaban J connectivity index is 2.15. The average molecular weight is 247 g/mol. The average Bonchev–Trinajstić information content (AvgIpc) is 2.33. The third-order valence-corrected chi connectivity index (χ3v) is 3.11. The van der Waals surface area contributed by atoms with Crippen molar-refractivity contribution in [3.63, 3.8) is 0 Å². The molecular formula is C13H13NO2S. The van der Waals surface area contributed by atoms with Gasteiger partial charge in [0.05, 0.1) is 18.7 Å². The molecule has 0 aliphatic carbocycles. The maximum atomic E-state index is 11.4. The summed E-state index contributed by atoms with van der Waals surface area (Å²) in [5.41, 5.74) is 1.82. The molecule has 1 atom stereocenters. The first-order valence-corrected chi connectivity index (χ1v) is 5.96. The van der Waals surface area contributed by atoms with Crippen LogP contribution in [-0.4, -0.2) is 23.7 Å². The molecule has 0 N–H and O–H groups in total. The van der Waals surface area contributed by atoms with E-state index in [1.165, 1.54) is 0 Å².